The van der Waals surface area contributed by atoms with Crippen LogP contribution in [0.15, 0.2) is 72.9 Å². The molecule has 1 saturated heterocycles. The van der Waals surface area contributed by atoms with Gasteiger partial charge in [0.15, 0.2) is 17.3 Å². The molecule has 4 aromatic rings. The van der Waals surface area contributed by atoms with Crippen molar-refractivity contribution < 1.29 is 28.8 Å². The van der Waals surface area contributed by atoms with Gasteiger partial charge in [-0.2, -0.15) is 0 Å². The van der Waals surface area contributed by atoms with E-state index >= 15 is 0 Å². The number of aliphatic hydroxyl groups excluding tert-OH is 1. The maximum absolute atomic E-state index is 13.3. The Morgan fingerprint density at radius 3 is 2.56 bits per heavy atom. The van der Waals surface area contributed by atoms with E-state index in [4.69, 9.17) is 18.9 Å². The number of pyridine rings is 1. The van der Waals surface area contributed by atoms with Crippen molar-refractivity contribution in [2.75, 3.05) is 46.6 Å². The van der Waals surface area contributed by atoms with Gasteiger partial charge in [-0.1, -0.05) is 42.0 Å². The SMILES string of the molecule is COc1cc2c(Oc3ccc(C)cc3C(=O)c3ccccc3)ccnc2cc1OCC(O)CN1CCOCC1. The Bertz CT molecular complexity index is 1440. The molecule has 1 atom stereocenters. The van der Waals surface area contributed by atoms with Gasteiger partial charge < -0.3 is 24.1 Å². The number of hydrogen-bond acceptors (Lipinski definition) is 8. The topological polar surface area (TPSA) is 90.4 Å². The van der Waals surface area contributed by atoms with Crippen LogP contribution in [-0.4, -0.2) is 73.4 Å². The molecule has 0 bridgehead atoms. The first-order chi connectivity index (χ1) is 19.0. The zero-order valence-electron chi connectivity index (χ0n) is 22.1. The van der Waals surface area contributed by atoms with Crippen molar-refractivity contribution >= 4 is 16.7 Å². The van der Waals surface area contributed by atoms with Crippen molar-refractivity contribution in [2.45, 2.75) is 13.0 Å². The average Bonchev–Trinajstić information content (AvgIpc) is 2.97. The van der Waals surface area contributed by atoms with Gasteiger partial charge in [0.25, 0.3) is 0 Å². The highest BCUT2D eigenvalue weighted by atomic mass is 16.5. The maximum atomic E-state index is 13.3. The second-order valence-electron chi connectivity index (χ2n) is 9.50. The number of aliphatic hydroxyl groups is 1. The third kappa shape index (κ3) is 6.37. The number of carbonyl (C=O) groups is 1. The van der Waals surface area contributed by atoms with Crippen LogP contribution in [0.4, 0.5) is 0 Å². The first-order valence-corrected chi connectivity index (χ1v) is 13.0. The molecule has 1 aromatic heterocycles. The number of carbonyl (C=O) groups excluding carboxylic acids is 1. The summed E-state index contributed by atoms with van der Waals surface area (Å²) in [4.78, 5) is 20.0. The van der Waals surface area contributed by atoms with Crippen molar-refractivity contribution in [1.82, 2.24) is 9.88 Å². The summed E-state index contributed by atoms with van der Waals surface area (Å²) in [7, 11) is 1.56. The van der Waals surface area contributed by atoms with Crippen molar-refractivity contribution in [3.05, 3.63) is 89.6 Å². The predicted molar refractivity (Wildman–Crippen MR) is 148 cm³/mol. The largest absolute Gasteiger partial charge is 0.493 e. The van der Waals surface area contributed by atoms with Crippen LogP contribution < -0.4 is 14.2 Å². The molecule has 2 heterocycles. The number of aromatic nitrogens is 1. The number of ether oxygens (including phenoxy) is 4. The van der Waals surface area contributed by atoms with Gasteiger partial charge in [-0.05, 0) is 31.2 Å². The Morgan fingerprint density at radius 1 is 1.00 bits per heavy atom. The van der Waals surface area contributed by atoms with E-state index in [2.05, 4.69) is 9.88 Å². The number of fused-ring (bicyclic) bond motifs is 1. The van der Waals surface area contributed by atoms with Crippen molar-refractivity contribution in [1.29, 1.82) is 0 Å². The number of hydrogen-bond donors (Lipinski definition) is 1. The predicted octanol–water partition coefficient (Wildman–Crippen LogP) is 4.65. The molecule has 0 aliphatic carbocycles. The number of β-amino-alcohol motifs (C(OH)–C–C–N with tert-alkyl or cyclic N) is 1. The third-order valence-corrected chi connectivity index (χ3v) is 6.63. The summed E-state index contributed by atoms with van der Waals surface area (Å²) in [6.07, 6.45) is 0.988. The Labute approximate surface area is 227 Å². The highest BCUT2D eigenvalue weighted by molar-refractivity contribution is 6.11. The summed E-state index contributed by atoms with van der Waals surface area (Å²) < 4.78 is 23.3. The van der Waals surface area contributed by atoms with Crippen molar-refractivity contribution in [3.63, 3.8) is 0 Å². The maximum Gasteiger partial charge on any atom is 0.196 e. The number of ketones is 1. The smallest absolute Gasteiger partial charge is 0.196 e. The Morgan fingerprint density at radius 2 is 1.79 bits per heavy atom. The standard InChI is InChI=1S/C31H32N2O6/c1-21-8-9-27(25(16-21)31(35)22-6-4-3-5-7-22)39-28-10-11-32-26-18-30(29(36-2)17-24(26)28)38-20-23(34)19-33-12-14-37-15-13-33/h3-11,16-18,23,34H,12-15,19-20H2,1-2H3. The molecule has 3 aromatic carbocycles. The molecule has 39 heavy (non-hydrogen) atoms. The number of morpholine rings is 1. The van der Waals surface area contributed by atoms with Crippen LogP contribution in [0.3, 0.4) is 0 Å². The van der Waals surface area contributed by atoms with E-state index in [-0.39, 0.29) is 12.4 Å². The number of methoxy groups -OCH3 is 1. The Kier molecular flexibility index (Phi) is 8.36. The van der Waals surface area contributed by atoms with E-state index in [1.165, 1.54) is 0 Å². The summed E-state index contributed by atoms with van der Waals surface area (Å²) in [5.41, 5.74) is 2.66. The van der Waals surface area contributed by atoms with Crippen LogP contribution in [0.5, 0.6) is 23.0 Å². The summed E-state index contributed by atoms with van der Waals surface area (Å²) in [6.45, 7) is 5.50. The molecule has 1 aliphatic rings. The van der Waals surface area contributed by atoms with Crippen LogP contribution in [0.1, 0.15) is 21.5 Å². The van der Waals surface area contributed by atoms with Gasteiger partial charge in [0, 0.05) is 42.8 Å². The van der Waals surface area contributed by atoms with Gasteiger partial charge in [0.05, 0.1) is 31.4 Å². The van der Waals surface area contributed by atoms with Crippen LogP contribution in [0.25, 0.3) is 10.9 Å². The molecule has 1 fully saturated rings. The van der Waals surface area contributed by atoms with E-state index in [1.807, 2.05) is 43.3 Å². The molecule has 0 spiro atoms. The van der Waals surface area contributed by atoms with E-state index < -0.39 is 6.10 Å². The number of benzene rings is 3. The first-order valence-electron chi connectivity index (χ1n) is 13.0. The van der Waals surface area contributed by atoms with E-state index in [0.717, 1.165) is 18.7 Å². The lowest BCUT2D eigenvalue weighted by molar-refractivity contribution is 0.00446. The average molecular weight is 529 g/mol. The Balaban J connectivity index is 1.39. The van der Waals surface area contributed by atoms with Crippen molar-refractivity contribution in [2.24, 2.45) is 0 Å². The fraction of sp³-hybridized carbons (Fsp3) is 0.290. The minimum Gasteiger partial charge on any atom is -0.493 e. The highest BCUT2D eigenvalue weighted by Gasteiger charge is 2.19. The van der Waals surface area contributed by atoms with Gasteiger partial charge >= 0.3 is 0 Å². The van der Waals surface area contributed by atoms with Crippen LogP contribution in [0.2, 0.25) is 0 Å². The summed E-state index contributed by atoms with van der Waals surface area (Å²) in [5, 5.41) is 11.2. The van der Waals surface area contributed by atoms with Gasteiger partial charge in [0.2, 0.25) is 0 Å². The number of rotatable bonds is 10. The minimum atomic E-state index is -0.659. The zero-order chi connectivity index (χ0) is 27.2. The molecular weight excluding hydrogens is 496 g/mol. The molecule has 5 rings (SSSR count). The first kappa shape index (κ1) is 26.6. The second-order valence-corrected chi connectivity index (χ2v) is 9.50. The third-order valence-electron chi connectivity index (χ3n) is 6.63. The Hall–Kier alpha value is -3.98. The van der Waals surface area contributed by atoms with Crippen LogP contribution >= 0.6 is 0 Å². The second kappa shape index (κ2) is 12.3. The number of aryl methyl sites for hydroxylation is 1. The van der Waals surface area contributed by atoms with Crippen LogP contribution in [-0.2, 0) is 4.74 Å². The van der Waals surface area contributed by atoms with Crippen molar-refractivity contribution in [3.8, 4) is 23.0 Å². The van der Waals surface area contributed by atoms with Gasteiger partial charge in [-0.15, -0.1) is 0 Å². The molecule has 1 aliphatic heterocycles. The molecule has 1 unspecified atom stereocenters. The summed E-state index contributed by atoms with van der Waals surface area (Å²) in [6, 6.07) is 20.0. The lowest BCUT2D eigenvalue weighted by Gasteiger charge is -2.28. The van der Waals surface area contributed by atoms with Crippen LogP contribution in [0, 0.1) is 6.92 Å². The molecule has 8 nitrogen and oxygen atoms in total. The van der Waals surface area contributed by atoms with E-state index in [0.29, 0.717) is 64.8 Å². The fourth-order valence-electron chi connectivity index (χ4n) is 4.58. The summed E-state index contributed by atoms with van der Waals surface area (Å²) >= 11 is 0. The molecule has 1 N–H and O–H groups in total. The molecule has 0 radical (unpaired) electrons. The molecule has 202 valence electrons. The number of nitrogens with zero attached hydrogens (tertiary/aromatic N) is 2. The molecule has 8 heteroatoms. The molecular formula is C31H32N2O6. The van der Waals surface area contributed by atoms with Gasteiger partial charge in [-0.3, -0.25) is 14.7 Å². The molecule has 0 saturated carbocycles. The highest BCUT2D eigenvalue weighted by Crippen LogP contribution is 2.38. The molecule has 0 amide bonds. The van der Waals surface area contributed by atoms with E-state index in [9.17, 15) is 9.90 Å². The minimum absolute atomic E-state index is 0.114. The lowest BCUT2D eigenvalue weighted by atomic mass is 10.0. The quantitative estimate of drug-likeness (QED) is 0.298. The van der Waals surface area contributed by atoms with Gasteiger partial charge in [0.1, 0.15) is 24.2 Å². The lowest BCUT2D eigenvalue weighted by Crippen LogP contribution is -2.42. The monoisotopic (exact) mass is 528 g/mol. The summed E-state index contributed by atoms with van der Waals surface area (Å²) in [5.74, 6) is 1.83. The van der Waals surface area contributed by atoms with E-state index in [1.54, 1.807) is 43.6 Å². The van der Waals surface area contributed by atoms with Gasteiger partial charge in [-0.25, -0.2) is 0 Å². The zero-order valence-corrected chi connectivity index (χ0v) is 22.1. The normalized spacial score (nSPS) is 14.6. The fourth-order valence-corrected chi connectivity index (χ4v) is 4.58.